The van der Waals surface area contributed by atoms with Crippen LogP contribution in [0.3, 0.4) is 0 Å². The lowest BCUT2D eigenvalue weighted by Crippen LogP contribution is -2.57. The maximum absolute atomic E-state index is 5.67. The van der Waals surface area contributed by atoms with E-state index in [0.717, 1.165) is 32.1 Å². The van der Waals surface area contributed by atoms with Gasteiger partial charge in [-0.15, -0.1) is 0 Å². The summed E-state index contributed by atoms with van der Waals surface area (Å²) in [5.41, 5.74) is 0. The maximum Gasteiger partial charge on any atom is 0.0489 e. The van der Waals surface area contributed by atoms with Gasteiger partial charge >= 0.3 is 0 Å². The van der Waals surface area contributed by atoms with E-state index in [1.807, 2.05) is 0 Å². The first-order valence-electron chi connectivity index (χ1n) is 8.09. The van der Waals surface area contributed by atoms with Gasteiger partial charge in [0.1, 0.15) is 0 Å². The molecule has 3 heteroatoms. The highest BCUT2D eigenvalue weighted by molar-refractivity contribution is 4.86. The van der Waals surface area contributed by atoms with Gasteiger partial charge in [0, 0.05) is 44.9 Å². The second kappa shape index (κ2) is 8.93. The molecule has 0 aromatic rings. The summed E-state index contributed by atoms with van der Waals surface area (Å²) in [7, 11) is 0. The van der Waals surface area contributed by atoms with Crippen LogP contribution < -0.4 is 5.32 Å². The Morgan fingerprint density at radius 1 is 1.32 bits per heavy atom. The number of nitrogens with zero attached hydrogens (tertiary/aromatic N) is 1. The SMILES string of the molecule is CCC(C)C1CN(CCCOCC(C)C)C(C)CN1. The van der Waals surface area contributed by atoms with Crippen LogP contribution in [0.15, 0.2) is 0 Å². The lowest BCUT2D eigenvalue weighted by atomic mass is 9.95. The third-order valence-electron chi connectivity index (χ3n) is 4.25. The Hall–Kier alpha value is -0.120. The average molecular weight is 270 g/mol. The topological polar surface area (TPSA) is 24.5 Å². The molecule has 1 aliphatic heterocycles. The summed E-state index contributed by atoms with van der Waals surface area (Å²) in [6.07, 6.45) is 2.42. The van der Waals surface area contributed by atoms with Gasteiger partial charge in [0.15, 0.2) is 0 Å². The highest BCUT2D eigenvalue weighted by Gasteiger charge is 2.27. The zero-order valence-corrected chi connectivity index (χ0v) is 13.6. The fraction of sp³-hybridized carbons (Fsp3) is 1.00. The van der Waals surface area contributed by atoms with Crippen LogP contribution in [0.25, 0.3) is 0 Å². The van der Waals surface area contributed by atoms with E-state index in [4.69, 9.17) is 4.74 Å². The first-order chi connectivity index (χ1) is 9.04. The van der Waals surface area contributed by atoms with E-state index in [0.29, 0.717) is 18.0 Å². The molecular weight excluding hydrogens is 236 g/mol. The van der Waals surface area contributed by atoms with Gasteiger partial charge in [0.05, 0.1) is 0 Å². The van der Waals surface area contributed by atoms with E-state index >= 15 is 0 Å². The van der Waals surface area contributed by atoms with Crippen LogP contribution in [0.5, 0.6) is 0 Å². The quantitative estimate of drug-likeness (QED) is 0.686. The molecule has 0 radical (unpaired) electrons. The van der Waals surface area contributed by atoms with E-state index < -0.39 is 0 Å². The van der Waals surface area contributed by atoms with Gasteiger partial charge in [0.2, 0.25) is 0 Å². The van der Waals surface area contributed by atoms with Crippen molar-refractivity contribution in [3.05, 3.63) is 0 Å². The minimum absolute atomic E-state index is 0.646. The first-order valence-corrected chi connectivity index (χ1v) is 8.09. The molecule has 1 fully saturated rings. The predicted octanol–water partition coefficient (Wildman–Crippen LogP) is 2.76. The second-order valence-electron chi connectivity index (χ2n) is 6.57. The van der Waals surface area contributed by atoms with Crippen LogP contribution in [-0.2, 0) is 4.74 Å². The Morgan fingerprint density at radius 2 is 2.05 bits per heavy atom. The molecule has 114 valence electrons. The first kappa shape index (κ1) is 16.9. The third kappa shape index (κ3) is 6.24. The second-order valence-corrected chi connectivity index (χ2v) is 6.57. The molecule has 19 heavy (non-hydrogen) atoms. The monoisotopic (exact) mass is 270 g/mol. The fourth-order valence-corrected chi connectivity index (χ4v) is 2.61. The lowest BCUT2D eigenvalue weighted by molar-refractivity contribution is 0.0781. The van der Waals surface area contributed by atoms with Crippen molar-refractivity contribution < 1.29 is 4.74 Å². The maximum atomic E-state index is 5.67. The summed E-state index contributed by atoms with van der Waals surface area (Å²) in [5.74, 6) is 1.42. The predicted molar refractivity (Wildman–Crippen MR) is 82.6 cm³/mol. The lowest BCUT2D eigenvalue weighted by Gasteiger charge is -2.41. The molecule has 0 bridgehead atoms. The largest absolute Gasteiger partial charge is 0.381 e. The molecule has 1 saturated heterocycles. The van der Waals surface area contributed by atoms with Crippen LogP contribution in [0, 0.1) is 11.8 Å². The minimum Gasteiger partial charge on any atom is -0.381 e. The molecule has 0 aromatic heterocycles. The highest BCUT2D eigenvalue weighted by Crippen LogP contribution is 2.15. The molecule has 1 heterocycles. The fourth-order valence-electron chi connectivity index (χ4n) is 2.61. The van der Waals surface area contributed by atoms with Crippen molar-refractivity contribution in [2.75, 3.05) is 32.8 Å². The molecule has 3 atom stereocenters. The molecule has 1 rings (SSSR count). The van der Waals surface area contributed by atoms with Crippen molar-refractivity contribution >= 4 is 0 Å². The highest BCUT2D eigenvalue weighted by atomic mass is 16.5. The van der Waals surface area contributed by atoms with E-state index in [2.05, 4.69) is 44.8 Å². The van der Waals surface area contributed by atoms with Gasteiger partial charge in [-0.1, -0.05) is 34.1 Å². The van der Waals surface area contributed by atoms with Gasteiger partial charge in [0.25, 0.3) is 0 Å². The van der Waals surface area contributed by atoms with Crippen molar-refractivity contribution in [1.29, 1.82) is 0 Å². The Kier molecular flexibility index (Phi) is 7.96. The van der Waals surface area contributed by atoms with E-state index in [1.54, 1.807) is 0 Å². The number of rotatable bonds is 8. The van der Waals surface area contributed by atoms with Crippen LogP contribution in [0.2, 0.25) is 0 Å². The van der Waals surface area contributed by atoms with E-state index in [-0.39, 0.29) is 0 Å². The molecule has 1 N–H and O–H groups in total. The van der Waals surface area contributed by atoms with Crippen molar-refractivity contribution in [1.82, 2.24) is 10.2 Å². The molecule has 1 aliphatic rings. The van der Waals surface area contributed by atoms with Crippen molar-refractivity contribution in [3.63, 3.8) is 0 Å². The van der Waals surface area contributed by atoms with Gasteiger partial charge in [-0.05, 0) is 25.2 Å². The molecular formula is C16H34N2O. The molecule has 3 nitrogen and oxygen atoms in total. The normalized spacial score (nSPS) is 26.8. The van der Waals surface area contributed by atoms with E-state index in [1.165, 1.54) is 19.5 Å². The van der Waals surface area contributed by atoms with Gasteiger partial charge in [-0.2, -0.15) is 0 Å². The summed E-state index contributed by atoms with van der Waals surface area (Å²) in [4.78, 5) is 2.63. The zero-order valence-electron chi connectivity index (χ0n) is 13.6. The Balaban J connectivity index is 2.22. The number of piperazine rings is 1. The Bertz CT molecular complexity index is 233. The minimum atomic E-state index is 0.646. The van der Waals surface area contributed by atoms with Crippen LogP contribution >= 0.6 is 0 Å². The third-order valence-corrected chi connectivity index (χ3v) is 4.25. The summed E-state index contributed by atoms with van der Waals surface area (Å²) in [5, 5.41) is 3.69. The van der Waals surface area contributed by atoms with Gasteiger partial charge in [-0.25, -0.2) is 0 Å². The number of hydrogen-bond acceptors (Lipinski definition) is 3. The van der Waals surface area contributed by atoms with Crippen molar-refractivity contribution in [2.45, 2.75) is 59.5 Å². The summed E-state index contributed by atoms with van der Waals surface area (Å²) in [6, 6.07) is 1.32. The van der Waals surface area contributed by atoms with Crippen LogP contribution in [-0.4, -0.2) is 49.8 Å². The molecule has 0 aliphatic carbocycles. The summed E-state index contributed by atoms with van der Waals surface area (Å²) >= 11 is 0. The molecule has 0 amide bonds. The Morgan fingerprint density at radius 3 is 2.68 bits per heavy atom. The summed E-state index contributed by atoms with van der Waals surface area (Å²) in [6.45, 7) is 16.7. The molecule has 0 spiro atoms. The zero-order chi connectivity index (χ0) is 14.3. The number of ether oxygens (including phenoxy) is 1. The van der Waals surface area contributed by atoms with Gasteiger partial charge < -0.3 is 10.1 Å². The number of hydrogen-bond donors (Lipinski definition) is 1. The van der Waals surface area contributed by atoms with Gasteiger partial charge in [-0.3, -0.25) is 4.90 Å². The molecule has 0 saturated carbocycles. The molecule has 3 unspecified atom stereocenters. The van der Waals surface area contributed by atoms with Crippen LogP contribution in [0.1, 0.15) is 47.5 Å². The standard InChI is InChI=1S/C16H34N2O/c1-6-14(4)16-11-18(15(5)10-17-16)8-7-9-19-12-13(2)3/h13-17H,6-12H2,1-5H3. The van der Waals surface area contributed by atoms with Crippen LogP contribution in [0.4, 0.5) is 0 Å². The van der Waals surface area contributed by atoms with E-state index in [9.17, 15) is 0 Å². The Labute approximate surface area is 120 Å². The van der Waals surface area contributed by atoms with Crippen molar-refractivity contribution in [2.24, 2.45) is 11.8 Å². The molecule has 0 aromatic carbocycles. The van der Waals surface area contributed by atoms with Crippen molar-refractivity contribution in [3.8, 4) is 0 Å². The summed E-state index contributed by atoms with van der Waals surface area (Å²) < 4.78 is 5.67. The number of nitrogens with one attached hydrogen (secondary N) is 1. The smallest absolute Gasteiger partial charge is 0.0489 e. The average Bonchev–Trinajstić information content (AvgIpc) is 2.39.